The number of halogens is 1. The smallest absolute Gasteiger partial charge is 0.258 e. The number of amides is 1. The van der Waals surface area contributed by atoms with Crippen molar-refractivity contribution in [3.8, 4) is 0 Å². The lowest BCUT2D eigenvalue weighted by Gasteiger charge is -2.03. The maximum Gasteiger partial charge on any atom is 0.258 e. The van der Waals surface area contributed by atoms with E-state index in [9.17, 15) is 4.79 Å². The Kier molecular flexibility index (Phi) is 3.00. The molecule has 0 saturated heterocycles. The van der Waals surface area contributed by atoms with Crippen molar-refractivity contribution in [1.29, 1.82) is 0 Å². The molecule has 20 heavy (non-hydrogen) atoms. The van der Waals surface area contributed by atoms with Crippen LogP contribution in [0.2, 0.25) is 5.15 Å². The van der Waals surface area contributed by atoms with Crippen LogP contribution < -0.4 is 11.1 Å². The molecule has 0 radical (unpaired) electrons. The molecule has 3 rings (SSSR count). The Morgan fingerprint density at radius 1 is 1.25 bits per heavy atom. The first-order chi connectivity index (χ1) is 9.61. The second-order valence-corrected chi connectivity index (χ2v) is 4.55. The van der Waals surface area contributed by atoms with Crippen molar-refractivity contribution < 1.29 is 4.79 Å². The highest BCUT2D eigenvalue weighted by Crippen LogP contribution is 2.16. The number of aromatic nitrogens is 3. The van der Waals surface area contributed by atoms with Crippen LogP contribution in [0.5, 0.6) is 0 Å². The van der Waals surface area contributed by atoms with Gasteiger partial charge in [-0.1, -0.05) is 23.7 Å². The third-order valence-electron chi connectivity index (χ3n) is 2.70. The van der Waals surface area contributed by atoms with Crippen molar-refractivity contribution in [2.45, 2.75) is 0 Å². The number of nitrogens with two attached hydrogens (primary N) is 1. The number of imidazole rings is 1. The van der Waals surface area contributed by atoms with Gasteiger partial charge < -0.3 is 10.7 Å². The van der Waals surface area contributed by atoms with E-state index in [1.165, 1.54) is 12.1 Å². The van der Waals surface area contributed by atoms with Crippen LogP contribution in [-0.4, -0.2) is 20.9 Å². The number of nitrogen functional groups attached to an aromatic ring is 1. The fourth-order valence-corrected chi connectivity index (χ4v) is 2.06. The molecule has 0 aliphatic rings. The summed E-state index contributed by atoms with van der Waals surface area (Å²) in [4.78, 5) is 23.1. The normalized spacial score (nSPS) is 10.7. The van der Waals surface area contributed by atoms with Gasteiger partial charge in [0, 0.05) is 5.56 Å². The molecule has 0 aliphatic heterocycles. The SMILES string of the molecule is Nc1cc(C(=O)Nc2nc3ccccc3[nH]2)cc(Cl)n1. The molecular formula is C13H10ClN5O. The Morgan fingerprint density at radius 2 is 2.05 bits per heavy atom. The van der Waals surface area contributed by atoms with Crippen LogP contribution in [0.4, 0.5) is 11.8 Å². The number of benzene rings is 1. The number of fused-ring (bicyclic) bond motifs is 1. The summed E-state index contributed by atoms with van der Waals surface area (Å²) in [5.41, 5.74) is 7.49. The van der Waals surface area contributed by atoms with Crippen LogP contribution in [0, 0.1) is 0 Å². The van der Waals surface area contributed by atoms with Crippen molar-refractivity contribution in [3.05, 3.63) is 47.1 Å². The molecule has 0 fully saturated rings. The number of anilines is 2. The molecule has 100 valence electrons. The minimum atomic E-state index is -0.361. The van der Waals surface area contributed by atoms with E-state index in [1.54, 1.807) is 0 Å². The van der Waals surface area contributed by atoms with E-state index in [0.717, 1.165) is 11.0 Å². The Bertz CT molecular complexity index is 745. The molecule has 2 aromatic heterocycles. The predicted octanol–water partition coefficient (Wildman–Crippen LogP) is 2.45. The second-order valence-electron chi connectivity index (χ2n) is 4.16. The van der Waals surface area contributed by atoms with Crippen LogP contribution in [0.3, 0.4) is 0 Å². The lowest BCUT2D eigenvalue weighted by molar-refractivity contribution is 0.102. The maximum absolute atomic E-state index is 12.1. The fourth-order valence-electron chi connectivity index (χ4n) is 1.84. The zero-order chi connectivity index (χ0) is 14.1. The van der Waals surface area contributed by atoms with Gasteiger partial charge in [0.15, 0.2) is 0 Å². The first kappa shape index (κ1) is 12.4. The second kappa shape index (κ2) is 4.82. The van der Waals surface area contributed by atoms with Crippen LogP contribution in [0.25, 0.3) is 11.0 Å². The predicted molar refractivity (Wildman–Crippen MR) is 77.7 cm³/mol. The van der Waals surface area contributed by atoms with E-state index < -0.39 is 0 Å². The van der Waals surface area contributed by atoms with Crippen LogP contribution in [0.15, 0.2) is 36.4 Å². The van der Waals surface area contributed by atoms with Crippen molar-refractivity contribution in [2.75, 3.05) is 11.1 Å². The minimum Gasteiger partial charge on any atom is -0.384 e. The van der Waals surface area contributed by atoms with E-state index in [2.05, 4.69) is 20.3 Å². The molecular weight excluding hydrogens is 278 g/mol. The van der Waals surface area contributed by atoms with E-state index in [0.29, 0.717) is 11.5 Å². The highest BCUT2D eigenvalue weighted by Gasteiger charge is 2.11. The Labute approximate surface area is 119 Å². The zero-order valence-electron chi connectivity index (χ0n) is 10.2. The van der Waals surface area contributed by atoms with Gasteiger partial charge in [-0.25, -0.2) is 9.97 Å². The van der Waals surface area contributed by atoms with Crippen molar-refractivity contribution in [1.82, 2.24) is 15.0 Å². The van der Waals surface area contributed by atoms with Gasteiger partial charge in [-0.3, -0.25) is 10.1 Å². The van der Waals surface area contributed by atoms with Crippen molar-refractivity contribution in [3.63, 3.8) is 0 Å². The van der Waals surface area contributed by atoms with Gasteiger partial charge in [-0.05, 0) is 24.3 Å². The standard InChI is InChI=1S/C13H10ClN5O/c14-10-5-7(6-11(15)18-10)12(20)19-13-16-8-3-1-2-4-9(8)17-13/h1-6H,(H2,15,18)(H2,16,17,19,20). The van der Waals surface area contributed by atoms with E-state index in [1.807, 2.05) is 24.3 Å². The number of hydrogen-bond acceptors (Lipinski definition) is 4. The van der Waals surface area contributed by atoms with E-state index in [-0.39, 0.29) is 16.9 Å². The van der Waals surface area contributed by atoms with Gasteiger partial charge in [-0.2, -0.15) is 0 Å². The number of carbonyl (C=O) groups is 1. The topological polar surface area (TPSA) is 96.7 Å². The van der Waals surface area contributed by atoms with Crippen molar-refractivity contribution in [2.24, 2.45) is 0 Å². The van der Waals surface area contributed by atoms with Gasteiger partial charge in [0.05, 0.1) is 11.0 Å². The van der Waals surface area contributed by atoms with E-state index >= 15 is 0 Å². The summed E-state index contributed by atoms with van der Waals surface area (Å²) in [5.74, 6) is 0.190. The van der Waals surface area contributed by atoms with Crippen LogP contribution in [0.1, 0.15) is 10.4 Å². The molecule has 0 atom stereocenters. The molecule has 0 spiro atoms. The number of nitrogens with one attached hydrogen (secondary N) is 2. The average molecular weight is 288 g/mol. The molecule has 1 aromatic carbocycles. The molecule has 0 bridgehead atoms. The lowest BCUT2D eigenvalue weighted by Crippen LogP contribution is -2.13. The van der Waals surface area contributed by atoms with Gasteiger partial charge >= 0.3 is 0 Å². The Balaban J connectivity index is 1.88. The molecule has 0 saturated carbocycles. The molecule has 3 aromatic rings. The summed E-state index contributed by atoms with van der Waals surface area (Å²) >= 11 is 5.77. The number of aromatic amines is 1. The Morgan fingerprint density at radius 3 is 2.80 bits per heavy atom. The summed E-state index contributed by atoms with van der Waals surface area (Å²) in [6.45, 7) is 0. The third-order valence-corrected chi connectivity index (χ3v) is 2.89. The summed E-state index contributed by atoms with van der Waals surface area (Å²) in [6.07, 6.45) is 0. The number of para-hydroxylation sites is 2. The zero-order valence-corrected chi connectivity index (χ0v) is 11.0. The summed E-state index contributed by atoms with van der Waals surface area (Å²) < 4.78 is 0. The molecule has 0 unspecified atom stereocenters. The molecule has 4 N–H and O–H groups in total. The quantitative estimate of drug-likeness (QED) is 0.631. The molecule has 1 amide bonds. The van der Waals surface area contributed by atoms with Crippen LogP contribution in [-0.2, 0) is 0 Å². The van der Waals surface area contributed by atoms with E-state index in [4.69, 9.17) is 17.3 Å². The average Bonchev–Trinajstić information content (AvgIpc) is 2.79. The third kappa shape index (κ3) is 2.41. The lowest BCUT2D eigenvalue weighted by atomic mass is 10.2. The number of carbonyl (C=O) groups excluding carboxylic acids is 1. The van der Waals surface area contributed by atoms with Crippen LogP contribution >= 0.6 is 11.6 Å². The maximum atomic E-state index is 12.1. The summed E-state index contributed by atoms with van der Waals surface area (Å²) in [5, 5.41) is 2.82. The van der Waals surface area contributed by atoms with Gasteiger partial charge in [0.25, 0.3) is 5.91 Å². The molecule has 6 nitrogen and oxygen atoms in total. The number of H-pyrrole nitrogens is 1. The monoisotopic (exact) mass is 287 g/mol. The number of nitrogens with zero attached hydrogens (tertiary/aromatic N) is 2. The minimum absolute atomic E-state index is 0.166. The van der Waals surface area contributed by atoms with Gasteiger partial charge in [-0.15, -0.1) is 0 Å². The molecule has 2 heterocycles. The number of hydrogen-bond donors (Lipinski definition) is 3. The largest absolute Gasteiger partial charge is 0.384 e. The summed E-state index contributed by atoms with van der Waals surface area (Å²) in [7, 11) is 0. The summed E-state index contributed by atoms with van der Waals surface area (Å²) in [6, 6.07) is 10.4. The first-order valence-electron chi connectivity index (χ1n) is 5.81. The van der Waals surface area contributed by atoms with Crippen molar-refractivity contribution >= 4 is 40.3 Å². The number of rotatable bonds is 2. The first-order valence-corrected chi connectivity index (χ1v) is 6.19. The van der Waals surface area contributed by atoms with Gasteiger partial charge in [0.2, 0.25) is 5.95 Å². The highest BCUT2D eigenvalue weighted by atomic mass is 35.5. The Hall–Kier alpha value is -2.60. The van der Waals surface area contributed by atoms with Gasteiger partial charge in [0.1, 0.15) is 11.0 Å². The number of pyridine rings is 1. The molecule has 0 aliphatic carbocycles. The highest BCUT2D eigenvalue weighted by molar-refractivity contribution is 6.30. The fraction of sp³-hybridized carbons (Fsp3) is 0. The molecule has 7 heteroatoms.